The summed E-state index contributed by atoms with van der Waals surface area (Å²) in [5, 5.41) is 9.02. The van der Waals surface area contributed by atoms with Gasteiger partial charge in [-0.05, 0) is 31.9 Å². The Balaban J connectivity index is 1.76. The summed E-state index contributed by atoms with van der Waals surface area (Å²) in [4.78, 5) is 24.7. The van der Waals surface area contributed by atoms with Gasteiger partial charge in [-0.1, -0.05) is 17.7 Å². The van der Waals surface area contributed by atoms with Crippen LogP contribution in [-0.4, -0.2) is 41.6 Å². The highest BCUT2D eigenvalue weighted by molar-refractivity contribution is 5.78. The number of amides is 1. The van der Waals surface area contributed by atoms with Crippen LogP contribution < -0.4 is 4.74 Å². The van der Waals surface area contributed by atoms with Gasteiger partial charge in [0.25, 0.3) is 0 Å². The van der Waals surface area contributed by atoms with Crippen molar-refractivity contribution in [2.24, 2.45) is 5.92 Å². The topological polar surface area (TPSA) is 66.8 Å². The summed E-state index contributed by atoms with van der Waals surface area (Å²) in [7, 11) is 0. The third kappa shape index (κ3) is 4.48. The predicted octanol–water partition coefficient (Wildman–Crippen LogP) is 2.09. The lowest BCUT2D eigenvalue weighted by Gasteiger charge is -2.30. The lowest BCUT2D eigenvalue weighted by Crippen LogP contribution is -2.42. The van der Waals surface area contributed by atoms with Gasteiger partial charge >= 0.3 is 5.97 Å². The summed E-state index contributed by atoms with van der Waals surface area (Å²) in [6.07, 6.45) is 1.68. The number of carboxylic acids is 1. The Hall–Kier alpha value is -2.04. The van der Waals surface area contributed by atoms with Crippen molar-refractivity contribution < 1.29 is 19.4 Å². The SMILES string of the molecule is Cc1ccc(OCCC(=O)N2CCC[C@@H](C(=O)O)C2)cc1. The average molecular weight is 291 g/mol. The number of ether oxygens (including phenoxy) is 1. The summed E-state index contributed by atoms with van der Waals surface area (Å²) in [5.41, 5.74) is 1.16. The van der Waals surface area contributed by atoms with Crippen molar-refractivity contribution in [1.29, 1.82) is 0 Å². The van der Waals surface area contributed by atoms with E-state index in [9.17, 15) is 9.59 Å². The van der Waals surface area contributed by atoms with E-state index in [2.05, 4.69) is 0 Å². The van der Waals surface area contributed by atoms with Crippen molar-refractivity contribution in [2.75, 3.05) is 19.7 Å². The molecule has 2 rings (SSSR count). The van der Waals surface area contributed by atoms with Gasteiger partial charge in [0, 0.05) is 13.1 Å². The molecule has 0 radical (unpaired) electrons. The van der Waals surface area contributed by atoms with Crippen molar-refractivity contribution in [3.8, 4) is 5.75 Å². The zero-order chi connectivity index (χ0) is 15.2. The molecule has 1 heterocycles. The summed E-state index contributed by atoms with van der Waals surface area (Å²) >= 11 is 0. The Morgan fingerprint density at radius 2 is 2.05 bits per heavy atom. The molecule has 0 spiro atoms. The first kappa shape index (κ1) is 15.4. The van der Waals surface area contributed by atoms with E-state index in [-0.39, 0.29) is 12.3 Å². The second-order valence-electron chi connectivity index (χ2n) is 5.43. The van der Waals surface area contributed by atoms with Crippen molar-refractivity contribution in [3.63, 3.8) is 0 Å². The van der Waals surface area contributed by atoms with Crippen LogP contribution in [-0.2, 0) is 9.59 Å². The van der Waals surface area contributed by atoms with E-state index in [0.717, 1.165) is 17.7 Å². The number of rotatable bonds is 5. The highest BCUT2D eigenvalue weighted by atomic mass is 16.5. The van der Waals surface area contributed by atoms with E-state index < -0.39 is 11.9 Å². The number of hydrogen-bond donors (Lipinski definition) is 1. The van der Waals surface area contributed by atoms with E-state index in [1.807, 2.05) is 31.2 Å². The molecule has 1 aromatic carbocycles. The molecule has 1 aliphatic rings. The van der Waals surface area contributed by atoms with Gasteiger partial charge in [0.1, 0.15) is 5.75 Å². The maximum Gasteiger partial charge on any atom is 0.308 e. The molecular formula is C16H21NO4. The van der Waals surface area contributed by atoms with Crippen LogP contribution >= 0.6 is 0 Å². The highest BCUT2D eigenvalue weighted by Crippen LogP contribution is 2.17. The molecule has 5 heteroatoms. The molecule has 0 aliphatic carbocycles. The third-order valence-electron chi connectivity index (χ3n) is 3.73. The number of likely N-dealkylation sites (tertiary alicyclic amines) is 1. The maximum absolute atomic E-state index is 12.1. The fraction of sp³-hybridized carbons (Fsp3) is 0.500. The lowest BCUT2D eigenvalue weighted by molar-refractivity contribution is -0.145. The van der Waals surface area contributed by atoms with Crippen molar-refractivity contribution in [1.82, 2.24) is 4.90 Å². The first-order valence-corrected chi connectivity index (χ1v) is 7.26. The number of benzene rings is 1. The molecule has 1 aromatic rings. The molecule has 1 aliphatic heterocycles. The van der Waals surface area contributed by atoms with Crippen molar-refractivity contribution >= 4 is 11.9 Å². The van der Waals surface area contributed by atoms with Crippen molar-refractivity contribution in [2.45, 2.75) is 26.2 Å². The molecule has 0 aromatic heterocycles. The van der Waals surface area contributed by atoms with E-state index in [0.29, 0.717) is 26.1 Å². The summed E-state index contributed by atoms with van der Waals surface area (Å²) in [5.74, 6) is -0.535. The minimum atomic E-state index is -0.816. The smallest absolute Gasteiger partial charge is 0.308 e. The van der Waals surface area contributed by atoms with Crippen LogP contribution in [0.5, 0.6) is 5.75 Å². The number of carboxylic acid groups (broad SMARTS) is 1. The average Bonchev–Trinajstić information content (AvgIpc) is 2.49. The molecule has 1 amide bonds. The molecule has 1 fully saturated rings. The molecule has 5 nitrogen and oxygen atoms in total. The zero-order valence-corrected chi connectivity index (χ0v) is 12.2. The van der Waals surface area contributed by atoms with Crippen molar-refractivity contribution in [3.05, 3.63) is 29.8 Å². The van der Waals surface area contributed by atoms with Crippen LogP contribution in [0.4, 0.5) is 0 Å². The molecule has 114 valence electrons. The lowest BCUT2D eigenvalue weighted by atomic mass is 9.98. The predicted molar refractivity (Wildman–Crippen MR) is 78.2 cm³/mol. The quantitative estimate of drug-likeness (QED) is 0.902. The number of hydrogen-bond acceptors (Lipinski definition) is 3. The summed E-state index contributed by atoms with van der Waals surface area (Å²) < 4.78 is 5.53. The van der Waals surface area contributed by atoms with E-state index in [4.69, 9.17) is 9.84 Å². The Morgan fingerprint density at radius 1 is 1.33 bits per heavy atom. The normalized spacial score (nSPS) is 18.3. The number of carbonyl (C=O) groups excluding carboxylic acids is 1. The van der Waals surface area contributed by atoms with Gasteiger partial charge in [0.2, 0.25) is 5.91 Å². The molecule has 0 saturated carbocycles. The fourth-order valence-electron chi connectivity index (χ4n) is 2.45. The standard InChI is InChI=1S/C16H21NO4/c1-12-4-6-14(7-5-12)21-10-8-15(18)17-9-2-3-13(11-17)16(19)20/h4-7,13H,2-3,8-11H2,1H3,(H,19,20)/t13-/m1/s1. The minimum Gasteiger partial charge on any atom is -0.493 e. The fourth-order valence-corrected chi connectivity index (χ4v) is 2.45. The summed E-state index contributed by atoms with van der Waals surface area (Å²) in [6.45, 7) is 3.28. The molecular weight excluding hydrogens is 270 g/mol. The van der Waals surface area contributed by atoms with Gasteiger partial charge in [0.15, 0.2) is 0 Å². The molecule has 0 bridgehead atoms. The Labute approximate surface area is 124 Å². The molecule has 1 N–H and O–H groups in total. The first-order chi connectivity index (χ1) is 10.1. The summed E-state index contributed by atoms with van der Waals surface area (Å²) in [6, 6.07) is 7.67. The molecule has 0 unspecified atom stereocenters. The number of aliphatic carboxylic acids is 1. The Morgan fingerprint density at radius 3 is 2.71 bits per heavy atom. The Kier molecular flexibility index (Phi) is 5.20. The minimum absolute atomic E-state index is 0.0342. The molecule has 1 saturated heterocycles. The molecule has 21 heavy (non-hydrogen) atoms. The van der Waals surface area contributed by atoms with Gasteiger partial charge < -0.3 is 14.7 Å². The monoisotopic (exact) mass is 291 g/mol. The largest absolute Gasteiger partial charge is 0.493 e. The van der Waals surface area contributed by atoms with Crippen LogP contribution in [0.3, 0.4) is 0 Å². The van der Waals surface area contributed by atoms with Crippen LogP contribution in [0.2, 0.25) is 0 Å². The van der Waals surface area contributed by atoms with Gasteiger partial charge in [-0.15, -0.1) is 0 Å². The Bertz CT molecular complexity index is 498. The van der Waals surface area contributed by atoms with E-state index >= 15 is 0 Å². The van der Waals surface area contributed by atoms with E-state index in [1.165, 1.54) is 0 Å². The number of nitrogens with zero attached hydrogens (tertiary/aromatic N) is 1. The second kappa shape index (κ2) is 7.11. The van der Waals surface area contributed by atoms with Gasteiger partial charge in [-0.25, -0.2) is 0 Å². The maximum atomic E-state index is 12.1. The number of piperidine rings is 1. The van der Waals surface area contributed by atoms with Gasteiger partial charge in [-0.2, -0.15) is 0 Å². The van der Waals surface area contributed by atoms with Crippen LogP contribution in [0.25, 0.3) is 0 Å². The van der Waals surface area contributed by atoms with Gasteiger partial charge in [-0.3, -0.25) is 9.59 Å². The number of carbonyl (C=O) groups is 2. The molecule has 1 atom stereocenters. The zero-order valence-electron chi connectivity index (χ0n) is 12.2. The van der Waals surface area contributed by atoms with Crippen LogP contribution in [0, 0.1) is 12.8 Å². The first-order valence-electron chi connectivity index (χ1n) is 7.26. The highest BCUT2D eigenvalue weighted by Gasteiger charge is 2.27. The van der Waals surface area contributed by atoms with E-state index in [1.54, 1.807) is 4.90 Å². The number of aryl methyl sites for hydroxylation is 1. The van der Waals surface area contributed by atoms with Gasteiger partial charge in [0.05, 0.1) is 18.9 Å². The third-order valence-corrected chi connectivity index (χ3v) is 3.73. The van der Waals surface area contributed by atoms with Crippen LogP contribution in [0.1, 0.15) is 24.8 Å². The second-order valence-corrected chi connectivity index (χ2v) is 5.43. The van der Waals surface area contributed by atoms with Crippen LogP contribution in [0.15, 0.2) is 24.3 Å².